The van der Waals surface area contributed by atoms with Gasteiger partial charge in [-0.05, 0) is 19.5 Å². The summed E-state index contributed by atoms with van der Waals surface area (Å²) in [5.74, 6) is 1.80. The third-order valence-electron chi connectivity index (χ3n) is 3.80. The van der Waals surface area contributed by atoms with Gasteiger partial charge in [0.2, 0.25) is 5.95 Å². The maximum absolute atomic E-state index is 4.71. The largest absolute Gasteiger partial charge is 0.357 e. The third kappa shape index (κ3) is 2.45. The van der Waals surface area contributed by atoms with Gasteiger partial charge in [0.25, 0.3) is 0 Å². The van der Waals surface area contributed by atoms with Crippen molar-refractivity contribution in [3.05, 3.63) is 10.9 Å². The topological polar surface area (TPSA) is 44.3 Å². The van der Waals surface area contributed by atoms with Crippen molar-refractivity contribution in [1.29, 1.82) is 0 Å². The zero-order valence-corrected chi connectivity index (χ0v) is 13.1. The first kappa shape index (κ1) is 13.6. The lowest BCUT2D eigenvalue weighted by Gasteiger charge is -2.33. The van der Waals surface area contributed by atoms with Gasteiger partial charge in [0.05, 0.1) is 5.39 Å². The zero-order chi connectivity index (χ0) is 14.1. The molecule has 0 amide bonds. The van der Waals surface area contributed by atoms with E-state index in [0.29, 0.717) is 0 Å². The molecule has 6 heteroatoms. The quantitative estimate of drug-likeness (QED) is 0.937. The normalized spacial score (nSPS) is 16.9. The lowest BCUT2D eigenvalue weighted by Crippen LogP contribution is -2.44. The molecule has 1 fully saturated rings. The molecule has 108 valence electrons. The Labute approximate surface area is 123 Å². The van der Waals surface area contributed by atoms with E-state index in [1.165, 1.54) is 10.3 Å². The van der Waals surface area contributed by atoms with E-state index in [9.17, 15) is 0 Å². The molecule has 0 bridgehead atoms. The van der Waals surface area contributed by atoms with Crippen LogP contribution < -0.4 is 10.2 Å². The fraction of sp³-hybridized carbons (Fsp3) is 0.571. The molecule has 3 heterocycles. The number of hydrogen-bond donors (Lipinski definition) is 1. The molecular formula is C14H21N5S. The van der Waals surface area contributed by atoms with Crippen LogP contribution in [-0.4, -0.2) is 55.1 Å². The summed E-state index contributed by atoms with van der Waals surface area (Å²) < 4.78 is 0. The minimum atomic E-state index is 0.718. The van der Waals surface area contributed by atoms with Crippen LogP contribution in [0.4, 0.5) is 11.8 Å². The van der Waals surface area contributed by atoms with E-state index in [0.717, 1.165) is 49.2 Å². The SMILES string of the molecule is CCc1cc2c(N3CCN(C)CC3)nc(NC)nc2s1. The number of thiophene rings is 1. The number of fused-ring (bicyclic) bond motifs is 1. The molecule has 0 radical (unpaired) electrons. The van der Waals surface area contributed by atoms with Gasteiger partial charge < -0.3 is 15.1 Å². The number of piperazine rings is 1. The van der Waals surface area contributed by atoms with Crippen LogP contribution in [0.1, 0.15) is 11.8 Å². The third-order valence-corrected chi connectivity index (χ3v) is 4.97. The van der Waals surface area contributed by atoms with Gasteiger partial charge in [-0.1, -0.05) is 6.92 Å². The maximum Gasteiger partial charge on any atom is 0.225 e. The Morgan fingerprint density at radius 3 is 2.65 bits per heavy atom. The van der Waals surface area contributed by atoms with Crippen LogP contribution in [0.25, 0.3) is 10.2 Å². The molecule has 0 atom stereocenters. The molecule has 1 aliphatic heterocycles. The Hall–Kier alpha value is -1.40. The van der Waals surface area contributed by atoms with E-state index in [-0.39, 0.29) is 0 Å². The van der Waals surface area contributed by atoms with Gasteiger partial charge in [-0.2, -0.15) is 4.98 Å². The Morgan fingerprint density at radius 2 is 2.00 bits per heavy atom. The number of anilines is 2. The summed E-state index contributed by atoms with van der Waals surface area (Å²) in [4.78, 5) is 16.5. The van der Waals surface area contributed by atoms with Gasteiger partial charge in [-0.25, -0.2) is 4.98 Å². The molecule has 20 heavy (non-hydrogen) atoms. The van der Waals surface area contributed by atoms with Gasteiger partial charge in [0, 0.05) is 38.1 Å². The van der Waals surface area contributed by atoms with Crippen molar-refractivity contribution in [3.63, 3.8) is 0 Å². The molecule has 0 saturated carbocycles. The first-order chi connectivity index (χ1) is 9.71. The van der Waals surface area contributed by atoms with Crippen molar-refractivity contribution in [3.8, 4) is 0 Å². The summed E-state index contributed by atoms with van der Waals surface area (Å²) in [7, 11) is 4.05. The Balaban J connectivity index is 2.05. The fourth-order valence-corrected chi connectivity index (χ4v) is 3.46. The van der Waals surface area contributed by atoms with E-state index in [2.05, 4.69) is 40.1 Å². The predicted molar refractivity (Wildman–Crippen MR) is 86.0 cm³/mol. The Bertz CT molecular complexity index is 601. The molecule has 0 spiro atoms. The Kier molecular flexibility index (Phi) is 3.76. The van der Waals surface area contributed by atoms with E-state index in [4.69, 9.17) is 4.98 Å². The number of hydrogen-bond acceptors (Lipinski definition) is 6. The van der Waals surface area contributed by atoms with Crippen LogP contribution in [0.3, 0.4) is 0 Å². The van der Waals surface area contributed by atoms with Crippen LogP contribution in [0, 0.1) is 0 Å². The molecule has 1 aliphatic rings. The van der Waals surface area contributed by atoms with Crippen molar-refractivity contribution in [2.45, 2.75) is 13.3 Å². The summed E-state index contributed by atoms with van der Waals surface area (Å²) in [6.07, 6.45) is 1.05. The number of likely N-dealkylation sites (N-methyl/N-ethyl adjacent to an activating group) is 1. The van der Waals surface area contributed by atoms with Gasteiger partial charge in [-0.15, -0.1) is 11.3 Å². The van der Waals surface area contributed by atoms with Gasteiger partial charge in [0.15, 0.2) is 0 Å². The van der Waals surface area contributed by atoms with Crippen molar-refractivity contribution >= 4 is 33.3 Å². The van der Waals surface area contributed by atoms with E-state index < -0.39 is 0 Å². The summed E-state index contributed by atoms with van der Waals surface area (Å²) in [6, 6.07) is 2.26. The van der Waals surface area contributed by atoms with Crippen molar-refractivity contribution in [2.75, 3.05) is 50.5 Å². The molecular weight excluding hydrogens is 270 g/mol. The maximum atomic E-state index is 4.71. The average Bonchev–Trinajstić information content (AvgIpc) is 2.90. The van der Waals surface area contributed by atoms with Gasteiger partial charge >= 0.3 is 0 Å². The monoisotopic (exact) mass is 291 g/mol. The highest BCUT2D eigenvalue weighted by atomic mass is 32.1. The highest BCUT2D eigenvalue weighted by molar-refractivity contribution is 7.18. The van der Waals surface area contributed by atoms with Crippen LogP contribution in [0.5, 0.6) is 0 Å². The van der Waals surface area contributed by atoms with Crippen molar-refractivity contribution < 1.29 is 0 Å². The lowest BCUT2D eigenvalue weighted by molar-refractivity contribution is 0.312. The van der Waals surface area contributed by atoms with E-state index in [1.54, 1.807) is 11.3 Å². The summed E-state index contributed by atoms with van der Waals surface area (Å²) >= 11 is 1.78. The zero-order valence-electron chi connectivity index (χ0n) is 12.3. The molecule has 3 rings (SSSR count). The summed E-state index contributed by atoms with van der Waals surface area (Å²) in [5.41, 5.74) is 0. The van der Waals surface area contributed by atoms with Crippen LogP contribution in [0.15, 0.2) is 6.07 Å². The van der Waals surface area contributed by atoms with Crippen LogP contribution >= 0.6 is 11.3 Å². The van der Waals surface area contributed by atoms with Crippen LogP contribution in [0.2, 0.25) is 0 Å². The molecule has 0 aliphatic carbocycles. The standard InChI is InChI=1S/C14H21N5S/c1-4-10-9-11-12(19-7-5-18(3)6-8-19)16-14(15-2)17-13(11)20-10/h9H,4-8H2,1-3H3,(H,15,16,17). The lowest BCUT2D eigenvalue weighted by atomic mass is 10.2. The highest BCUT2D eigenvalue weighted by Crippen LogP contribution is 2.32. The summed E-state index contributed by atoms with van der Waals surface area (Å²) in [6.45, 7) is 6.43. The first-order valence-corrected chi connectivity index (χ1v) is 7.94. The summed E-state index contributed by atoms with van der Waals surface area (Å²) in [5, 5.41) is 4.29. The van der Waals surface area contributed by atoms with E-state index >= 15 is 0 Å². The van der Waals surface area contributed by atoms with Crippen molar-refractivity contribution in [2.24, 2.45) is 0 Å². The number of nitrogens with one attached hydrogen (secondary N) is 1. The molecule has 0 unspecified atom stereocenters. The predicted octanol–water partition coefficient (Wildman–Crippen LogP) is 2.05. The average molecular weight is 291 g/mol. The molecule has 2 aromatic heterocycles. The van der Waals surface area contributed by atoms with Crippen molar-refractivity contribution in [1.82, 2.24) is 14.9 Å². The molecule has 1 N–H and O–H groups in total. The second-order valence-electron chi connectivity index (χ2n) is 5.20. The molecule has 5 nitrogen and oxygen atoms in total. The van der Waals surface area contributed by atoms with Crippen LogP contribution in [-0.2, 0) is 6.42 Å². The smallest absolute Gasteiger partial charge is 0.225 e. The molecule has 1 saturated heterocycles. The number of aryl methyl sites for hydroxylation is 1. The second-order valence-corrected chi connectivity index (χ2v) is 6.31. The Morgan fingerprint density at radius 1 is 1.25 bits per heavy atom. The van der Waals surface area contributed by atoms with Gasteiger partial charge in [-0.3, -0.25) is 0 Å². The minimum Gasteiger partial charge on any atom is -0.357 e. The molecule has 0 aromatic carbocycles. The van der Waals surface area contributed by atoms with E-state index in [1.807, 2.05) is 7.05 Å². The highest BCUT2D eigenvalue weighted by Gasteiger charge is 2.20. The number of rotatable bonds is 3. The molecule has 2 aromatic rings. The minimum absolute atomic E-state index is 0.718. The number of nitrogens with zero attached hydrogens (tertiary/aromatic N) is 4. The second kappa shape index (κ2) is 5.54. The van der Waals surface area contributed by atoms with Gasteiger partial charge in [0.1, 0.15) is 10.6 Å². The first-order valence-electron chi connectivity index (χ1n) is 7.13. The number of aromatic nitrogens is 2. The fourth-order valence-electron chi connectivity index (χ4n) is 2.50.